The number of carbonyl (C=O) groups is 1. The maximum Gasteiger partial charge on any atom is 0.287 e. The number of carbonyl (C=O) groups excluding carboxylic acids is 1. The summed E-state index contributed by atoms with van der Waals surface area (Å²) >= 11 is 6.20. The maximum absolute atomic E-state index is 11.3. The topological polar surface area (TPSA) is 84.4 Å². The van der Waals surface area contributed by atoms with Crippen LogP contribution in [0.2, 0.25) is 5.02 Å². The van der Waals surface area contributed by atoms with E-state index >= 15 is 0 Å². The van der Waals surface area contributed by atoms with Crippen molar-refractivity contribution in [3.05, 3.63) is 52.4 Å². The van der Waals surface area contributed by atoms with Gasteiger partial charge in [0.25, 0.3) is 5.91 Å². The van der Waals surface area contributed by atoms with Gasteiger partial charge in [0.05, 0.1) is 6.54 Å². The highest BCUT2D eigenvalue weighted by atomic mass is 35.5. The predicted molar refractivity (Wildman–Crippen MR) is 79.5 cm³/mol. The number of hydrazine groups is 1. The number of amides is 1. The number of hydrogen-bond acceptors (Lipinski definition) is 5. The van der Waals surface area contributed by atoms with Crippen LogP contribution in [0.4, 0.5) is 0 Å². The number of halogens is 1. The Balaban J connectivity index is 2.07. The third kappa shape index (κ3) is 3.60. The molecule has 7 heteroatoms. The van der Waals surface area contributed by atoms with Gasteiger partial charge in [0.15, 0.2) is 11.5 Å². The van der Waals surface area contributed by atoms with Gasteiger partial charge < -0.3 is 4.52 Å². The number of nitrogens with zero attached hydrogens (tertiary/aromatic N) is 2. The van der Waals surface area contributed by atoms with Crippen molar-refractivity contribution in [3.63, 3.8) is 0 Å². The van der Waals surface area contributed by atoms with E-state index in [-0.39, 0.29) is 11.7 Å². The zero-order valence-electron chi connectivity index (χ0n) is 11.8. The molecule has 0 radical (unpaired) electrons. The van der Waals surface area contributed by atoms with E-state index in [4.69, 9.17) is 22.0 Å². The van der Waals surface area contributed by atoms with Crippen molar-refractivity contribution in [3.8, 4) is 0 Å². The second-order valence-corrected chi connectivity index (χ2v) is 5.17. The molecule has 2 aromatic rings. The molecule has 1 unspecified atom stereocenters. The van der Waals surface area contributed by atoms with E-state index in [0.29, 0.717) is 12.3 Å². The highest BCUT2D eigenvalue weighted by Crippen LogP contribution is 2.27. The fourth-order valence-electron chi connectivity index (χ4n) is 2.00. The number of aromatic nitrogens is 1. The Morgan fingerprint density at radius 1 is 1.52 bits per heavy atom. The number of nitrogens with two attached hydrogens (primary N) is 1. The Hall–Kier alpha value is -1.89. The van der Waals surface area contributed by atoms with Gasteiger partial charge >= 0.3 is 0 Å². The monoisotopic (exact) mass is 308 g/mol. The van der Waals surface area contributed by atoms with Crippen LogP contribution in [0.3, 0.4) is 0 Å². The lowest BCUT2D eigenvalue weighted by atomic mass is 10.1. The predicted octanol–water partition coefficient (Wildman–Crippen LogP) is 2.12. The van der Waals surface area contributed by atoms with Crippen LogP contribution in [-0.4, -0.2) is 23.0 Å². The molecule has 3 N–H and O–H groups in total. The minimum Gasteiger partial charge on any atom is -0.359 e. The largest absolute Gasteiger partial charge is 0.359 e. The first-order chi connectivity index (χ1) is 10.0. The average molecular weight is 309 g/mol. The molecule has 0 saturated heterocycles. The van der Waals surface area contributed by atoms with Crippen LogP contribution in [0.1, 0.15) is 34.8 Å². The van der Waals surface area contributed by atoms with Gasteiger partial charge in [-0.1, -0.05) is 35.0 Å². The smallest absolute Gasteiger partial charge is 0.287 e. The third-order valence-electron chi connectivity index (χ3n) is 3.34. The van der Waals surface area contributed by atoms with Crippen molar-refractivity contribution in [1.29, 1.82) is 0 Å². The molecular weight excluding hydrogens is 292 g/mol. The molecule has 112 valence electrons. The summed E-state index contributed by atoms with van der Waals surface area (Å²) in [4.78, 5) is 13.4. The molecule has 0 aliphatic heterocycles. The molecule has 1 aromatic carbocycles. The van der Waals surface area contributed by atoms with Crippen LogP contribution >= 0.6 is 11.6 Å². The van der Waals surface area contributed by atoms with Crippen LogP contribution < -0.4 is 11.3 Å². The minimum absolute atomic E-state index is 0.0931. The van der Waals surface area contributed by atoms with Gasteiger partial charge in [-0.3, -0.25) is 15.1 Å². The quantitative estimate of drug-likeness (QED) is 0.502. The first-order valence-electron chi connectivity index (χ1n) is 6.44. The van der Waals surface area contributed by atoms with Crippen LogP contribution in [-0.2, 0) is 6.54 Å². The Kier molecular flexibility index (Phi) is 4.95. The zero-order valence-corrected chi connectivity index (χ0v) is 12.6. The van der Waals surface area contributed by atoms with Gasteiger partial charge in [-0.15, -0.1) is 0 Å². The molecule has 6 nitrogen and oxygen atoms in total. The van der Waals surface area contributed by atoms with Crippen LogP contribution in [0.25, 0.3) is 0 Å². The average Bonchev–Trinajstić information content (AvgIpc) is 2.94. The molecule has 1 heterocycles. The SMILES string of the molecule is CC(c1ccccc1Cl)N(C)Cc1cc(C(=O)NN)no1. The normalized spacial score (nSPS) is 12.4. The molecule has 1 amide bonds. The van der Waals surface area contributed by atoms with E-state index in [1.165, 1.54) is 0 Å². The molecule has 0 aliphatic rings. The van der Waals surface area contributed by atoms with Crippen LogP contribution in [0, 0.1) is 0 Å². The fraction of sp³-hybridized carbons (Fsp3) is 0.286. The van der Waals surface area contributed by atoms with E-state index in [9.17, 15) is 4.79 Å². The number of benzene rings is 1. The van der Waals surface area contributed by atoms with Gasteiger partial charge in [-0.05, 0) is 25.6 Å². The molecule has 0 aliphatic carbocycles. The maximum atomic E-state index is 11.3. The summed E-state index contributed by atoms with van der Waals surface area (Å²) in [6, 6.07) is 9.35. The third-order valence-corrected chi connectivity index (χ3v) is 3.69. The Morgan fingerprint density at radius 2 is 2.24 bits per heavy atom. The number of nitrogen functional groups attached to an aromatic ring is 1. The van der Waals surface area contributed by atoms with Gasteiger partial charge in [0, 0.05) is 17.1 Å². The first kappa shape index (κ1) is 15.5. The van der Waals surface area contributed by atoms with E-state index in [2.05, 4.69) is 5.16 Å². The summed E-state index contributed by atoms with van der Waals surface area (Å²) in [5, 5.41) is 4.39. The molecule has 1 atom stereocenters. The number of nitrogens with one attached hydrogen (secondary N) is 1. The van der Waals surface area contributed by atoms with Crippen molar-refractivity contribution in [2.45, 2.75) is 19.5 Å². The number of hydrogen-bond donors (Lipinski definition) is 2. The molecule has 0 bridgehead atoms. The van der Waals surface area contributed by atoms with E-state index in [0.717, 1.165) is 10.6 Å². The van der Waals surface area contributed by atoms with Gasteiger partial charge in [-0.2, -0.15) is 0 Å². The highest BCUT2D eigenvalue weighted by molar-refractivity contribution is 6.31. The molecule has 0 saturated carbocycles. The molecular formula is C14H17ClN4O2. The lowest BCUT2D eigenvalue weighted by molar-refractivity contribution is 0.0944. The summed E-state index contributed by atoms with van der Waals surface area (Å²) in [5.74, 6) is 5.15. The van der Waals surface area contributed by atoms with Crippen molar-refractivity contribution >= 4 is 17.5 Å². The second kappa shape index (κ2) is 6.71. The summed E-state index contributed by atoms with van der Waals surface area (Å²) in [6.07, 6.45) is 0. The highest BCUT2D eigenvalue weighted by Gasteiger charge is 2.18. The summed E-state index contributed by atoms with van der Waals surface area (Å²) < 4.78 is 5.13. The van der Waals surface area contributed by atoms with E-state index in [1.807, 2.05) is 48.6 Å². The van der Waals surface area contributed by atoms with E-state index < -0.39 is 5.91 Å². The van der Waals surface area contributed by atoms with Crippen molar-refractivity contribution in [1.82, 2.24) is 15.5 Å². The summed E-state index contributed by atoms with van der Waals surface area (Å²) in [6.45, 7) is 2.54. The van der Waals surface area contributed by atoms with Crippen LogP contribution in [0.15, 0.2) is 34.9 Å². The van der Waals surface area contributed by atoms with Crippen molar-refractivity contribution in [2.75, 3.05) is 7.05 Å². The lowest BCUT2D eigenvalue weighted by Crippen LogP contribution is -2.30. The van der Waals surface area contributed by atoms with Gasteiger partial charge in [0.1, 0.15) is 0 Å². The first-order valence-corrected chi connectivity index (χ1v) is 6.82. The molecule has 0 fully saturated rings. The van der Waals surface area contributed by atoms with Gasteiger partial charge in [0.2, 0.25) is 0 Å². The lowest BCUT2D eigenvalue weighted by Gasteiger charge is -2.24. The Bertz CT molecular complexity index is 629. The fourth-order valence-corrected chi connectivity index (χ4v) is 2.30. The molecule has 1 aromatic heterocycles. The summed E-state index contributed by atoms with van der Waals surface area (Å²) in [5.41, 5.74) is 3.20. The Morgan fingerprint density at radius 3 is 2.90 bits per heavy atom. The molecule has 0 spiro atoms. The number of rotatable bonds is 5. The minimum atomic E-state index is -0.480. The van der Waals surface area contributed by atoms with E-state index in [1.54, 1.807) is 6.07 Å². The second-order valence-electron chi connectivity index (χ2n) is 4.76. The summed E-state index contributed by atoms with van der Waals surface area (Å²) in [7, 11) is 1.94. The zero-order chi connectivity index (χ0) is 15.4. The van der Waals surface area contributed by atoms with Crippen molar-refractivity contribution < 1.29 is 9.32 Å². The van der Waals surface area contributed by atoms with Crippen molar-refractivity contribution in [2.24, 2.45) is 5.84 Å². The van der Waals surface area contributed by atoms with Crippen LogP contribution in [0.5, 0.6) is 0 Å². The standard InChI is InChI=1S/C14H17ClN4O2/c1-9(11-5-3-4-6-12(11)15)19(2)8-10-7-13(18-21-10)14(20)17-16/h3-7,9H,8,16H2,1-2H3,(H,17,20). The van der Waals surface area contributed by atoms with Gasteiger partial charge in [-0.25, -0.2) is 5.84 Å². The Labute approximate surface area is 127 Å². The molecule has 21 heavy (non-hydrogen) atoms. The molecule has 2 rings (SSSR count).